The van der Waals surface area contributed by atoms with Gasteiger partial charge < -0.3 is 20.3 Å². The van der Waals surface area contributed by atoms with Crippen LogP contribution in [0.2, 0.25) is 0 Å². The Labute approximate surface area is 154 Å². The molecule has 0 radical (unpaired) electrons. The van der Waals surface area contributed by atoms with Crippen molar-refractivity contribution in [2.45, 2.75) is 12.8 Å². The number of nitrogens with two attached hydrogens (primary N) is 1. The van der Waals surface area contributed by atoms with E-state index in [0.717, 1.165) is 11.3 Å². The molecule has 0 aliphatic carbocycles. The molecule has 26 heavy (non-hydrogen) atoms. The zero-order valence-electron chi connectivity index (χ0n) is 14.4. The first-order chi connectivity index (χ1) is 12.5. The molecular weight excluding hydrogens is 360 g/mol. The first-order valence-corrected chi connectivity index (χ1v) is 9.39. The number of rotatable bonds is 4. The number of carbonyl (C=O) groups excluding carboxylic acids is 2. The second-order valence-corrected chi connectivity index (χ2v) is 7.64. The third-order valence-corrected chi connectivity index (χ3v) is 6.16. The second-order valence-electron chi connectivity index (χ2n) is 6.58. The fraction of sp³-hybridized carbons (Fsp3) is 0.625. The van der Waals surface area contributed by atoms with Gasteiger partial charge in [-0.2, -0.15) is 0 Å². The van der Waals surface area contributed by atoms with Gasteiger partial charge in [0, 0.05) is 52.0 Å². The van der Waals surface area contributed by atoms with Crippen molar-refractivity contribution in [1.29, 1.82) is 0 Å². The topological polar surface area (TPSA) is 119 Å². The van der Waals surface area contributed by atoms with Crippen molar-refractivity contribution in [1.82, 2.24) is 9.80 Å². The molecule has 2 aliphatic rings. The number of carbonyl (C=O) groups is 2. The van der Waals surface area contributed by atoms with Crippen LogP contribution < -0.4 is 5.73 Å². The van der Waals surface area contributed by atoms with Crippen molar-refractivity contribution in [3.63, 3.8) is 0 Å². The summed E-state index contributed by atoms with van der Waals surface area (Å²) in [5, 5.41) is 10.7. The van der Waals surface area contributed by atoms with E-state index in [-0.39, 0.29) is 16.8 Å². The van der Waals surface area contributed by atoms with Gasteiger partial charge in [0.2, 0.25) is 5.91 Å². The van der Waals surface area contributed by atoms with Crippen molar-refractivity contribution in [3.8, 4) is 0 Å². The van der Waals surface area contributed by atoms with Gasteiger partial charge in [0.15, 0.2) is 0 Å². The van der Waals surface area contributed by atoms with Gasteiger partial charge in [-0.3, -0.25) is 19.7 Å². The molecule has 0 bridgehead atoms. The van der Waals surface area contributed by atoms with E-state index < -0.39 is 10.3 Å². The van der Waals surface area contributed by atoms with E-state index in [1.165, 1.54) is 12.1 Å². The molecule has 0 aromatic carbocycles. The SMILES string of the molecule is NCC1(C(=O)N2CCN(C(=O)c3ccc([N+](=O)[O-])s3)CC2)CCOCC1. The molecule has 0 unspecified atom stereocenters. The number of ether oxygens (including phenoxy) is 1. The van der Waals surface area contributed by atoms with E-state index in [4.69, 9.17) is 10.5 Å². The lowest BCUT2D eigenvalue weighted by Gasteiger charge is -2.42. The number of hydrogen-bond donors (Lipinski definition) is 1. The van der Waals surface area contributed by atoms with Crippen LogP contribution in [-0.2, 0) is 9.53 Å². The first-order valence-electron chi connectivity index (χ1n) is 8.57. The minimum absolute atomic E-state index is 0.0437. The average molecular weight is 382 g/mol. The lowest BCUT2D eigenvalue weighted by Crippen LogP contribution is -2.57. The molecule has 2 saturated heterocycles. The molecule has 0 spiro atoms. The number of hydrogen-bond acceptors (Lipinski definition) is 7. The maximum Gasteiger partial charge on any atom is 0.324 e. The summed E-state index contributed by atoms with van der Waals surface area (Å²) < 4.78 is 5.35. The molecule has 2 aliphatic heterocycles. The molecule has 2 amide bonds. The Morgan fingerprint density at radius 3 is 2.35 bits per heavy atom. The fourth-order valence-corrected chi connectivity index (χ4v) is 4.20. The molecule has 1 aromatic heterocycles. The zero-order valence-corrected chi connectivity index (χ0v) is 15.2. The predicted molar refractivity (Wildman–Crippen MR) is 95.0 cm³/mol. The number of amides is 2. The van der Waals surface area contributed by atoms with Gasteiger partial charge in [0.05, 0.1) is 15.2 Å². The highest BCUT2D eigenvalue weighted by molar-refractivity contribution is 7.17. The van der Waals surface area contributed by atoms with Crippen LogP contribution in [-0.4, -0.2) is 72.5 Å². The molecule has 3 rings (SSSR count). The van der Waals surface area contributed by atoms with Gasteiger partial charge in [-0.05, 0) is 18.9 Å². The van der Waals surface area contributed by atoms with Crippen molar-refractivity contribution < 1.29 is 19.2 Å². The average Bonchev–Trinajstić information content (AvgIpc) is 3.18. The van der Waals surface area contributed by atoms with Gasteiger partial charge in [-0.15, -0.1) is 0 Å². The minimum atomic E-state index is -0.557. The van der Waals surface area contributed by atoms with E-state index in [2.05, 4.69) is 0 Å². The van der Waals surface area contributed by atoms with Crippen LogP contribution in [0.3, 0.4) is 0 Å². The van der Waals surface area contributed by atoms with Crippen molar-refractivity contribution >= 4 is 28.2 Å². The Morgan fingerprint density at radius 2 is 1.81 bits per heavy atom. The Bertz CT molecular complexity index is 693. The predicted octanol–water partition coefficient (Wildman–Crippen LogP) is 0.696. The van der Waals surface area contributed by atoms with Crippen LogP contribution >= 0.6 is 11.3 Å². The van der Waals surface area contributed by atoms with Gasteiger partial charge in [-0.1, -0.05) is 11.3 Å². The maximum atomic E-state index is 12.9. The Balaban J connectivity index is 1.60. The third-order valence-electron chi connectivity index (χ3n) is 5.13. The summed E-state index contributed by atoms with van der Waals surface area (Å²) in [7, 11) is 0. The van der Waals surface area contributed by atoms with Crippen LogP contribution in [0.5, 0.6) is 0 Å². The summed E-state index contributed by atoms with van der Waals surface area (Å²) in [6.45, 7) is 3.09. The van der Waals surface area contributed by atoms with Crippen molar-refractivity contribution in [2.24, 2.45) is 11.1 Å². The van der Waals surface area contributed by atoms with E-state index in [1.807, 2.05) is 0 Å². The van der Waals surface area contributed by atoms with E-state index in [1.54, 1.807) is 9.80 Å². The molecule has 142 valence electrons. The minimum Gasteiger partial charge on any atom is -0.381 e. The molecule has 1 aromatic rings. The number of nitro groups is 1. The summed E-state index contributed by atoms with van der Waals surface area (Å²) in [6, 6.07) is 2.82. The van der Waals surface area contributed by atoms with Gasteiger partial charge >= 0.3 is 5.00 Å². The standard InChI is InChI=1S/C16H22N4O5S/c17-11-16(3-9-25-10-4-16)15(22)19-7-5-18(6-8-19)14(21)12-1-2-13(26-12)20(23)24/h1-2H,3-11,17H2. The molecule has 3 heterocycles. The molecular formula is C16H22N4O5S. The number of piperazine rings is 1. The van der Waals surface area contributed by atoms with Crippen molar-refractivity contribution in [2.75, 3.05) is 45.9 Å². The summed E-state index contributed by atoms with van der Waals surface area (Å²) in [6.07, 6.45) is 1.25. The summed E-state index contributed by atoms with van der Waals surface area (Å²) in [4.78, 5) is 39.5. The first kappa shape index (κ1) is 18.7. The Kier molecular flexibility index (Phi) is 5.54. The van der Waals surface area contributed by atoms with Crippen LogP contribution in [0.4, 0.5) is 5.00 Å². The number of nitrogens with zero attached hydrogens (tertiary/aromatic N) is 3. The molecule has 2 fully saturated rings. The van der Waals surface area contributed by atoms with Crippen LogP contribution in [0.1, 0.15) is 22.5 Å². The third kappa shape index (κ3) is 3.57. The number of thiophene rings is 1. The quantitative estimate of drug-likeness (QED) is 0.605. The van der Waals surface area contributed by atoms with E-state index >= 15 is 0 Å². The highest BCUT2D eigenvalue weighted by atomic mass is 32.1. The van der Waals surface area contributed by atoms with E-state index in [0.29, 0.717) is 63.7 Å². The summed E-state index contributed by atoms with van der Waals surface area (Å²) in [5.74, 6) is -0.183. The van der Waals surface area contributed by atoms with Crippen LogP contribution in [0.25, 0.3) is 0 Å². The van der Waals surface area contributed by atoms with Gasteiger partial charge in [0.1, 0.15) is 0 Å². The van der Waals surface area contributed by atoms with Crippen molar-refractivity contribution in [3.05, 3.63) is 27.1 Å². The Morgan fingerprint density at radius 1 is 1.19 bits per heavy atom. The lowest BCUT2D eigenvalue weighted by atomic mass is 9.78. The summed E-state index contributed by atoms with van der Waals surface area (Å²) in [5.41, 5.74) is 5.35. The Hall–Kier alpha value is -2.04. The largest absolute Gasteiger partial charge is 0.381 e. The monoisotopic (exact) mass is 382 g/mol. The maximum absolute atomic E-state index is 12.9. The molecule has 0 atom stereocenters. The molecule has 9 nitrogen and oxygen atoms in total. The molecule has 0 saturated carbocycles. The van der Waals surface area contributed by atoms with E-state index in [9.17, 15) is 19.7 Å². The van der Waals surface area contributed by atoms with Crippen LogP contribution in [0, 0.1) is 15.5 Å². The summed E-state index contributed by atoms with van der Waals surface area (Å²) >= 11 is 0.874. The normalized spacial score (nSPS) is 20.0. The van der Waals surface area contributed by atoms with Gasteiger partial charge in [-0.25, -0.2) is 0 Å². The van der Waals surface area contributed by atoms with Crippen LogP contribution in [0.15, 0.2) is 12.1 Å². The zero-order chi connectivity index (χ0) is 18.7. The fourth-order valence-electron chi connectivity index (χ4n) is 3.41. The van der Waals surface area contributed by atoms with Gasteiger partial charge in [0.25, 0.3) is 5.91 Å². The highest BCUT2D eigenvalue weighted by Gasteiger charge is 2.42. The highest BCUT2D eigenvalue weighted by Crippen LogP contribution is 2.32. The second kappa shape index (κ2) is 7.68. The molecule has 10 heteroatoms. The smallest absolute Gasteiger partial charge is 0.324 e. The molecule has 2 N–H and O–H groups in total. The lowest BCUT2D eigenvalue weighted by molar-refractivity contribution is -0.380.